The highest BCUT2D eigenvalue weighted by atomic mass is 19.4. The molecule has 3 nitrogen and oxygen atoms in total. The molecular weight excluding hydrogens is 231 g/mol. The second-order valence-corrected chi connectivity index (χ2v) is 3.77. The Morgan fingerprint density at radius 1 is 1.41 bits per heavy atom. The molecule has 0 aliphatic carbocycles. The summed E-state index contributed by atoms with van der Waals surface area (Å²) in [7, 11) is 0. The van der Waals surface area contributed by atoms with Gasteiger partial charge in [-0.05, 0) is 18.6 Å². The topological polar surface area (TPSA) is 50.9 Å². The summed E-state index contributed by atoms with van der Waals surface area (Å²) < 4.78 is 37.3. The first kappa shape index (κ1) is 13.8. The van der Waals surface area contributed by atoms with Gasteiger partial charge in [-0.1, -0.05) is 19.4 Å². The van der Waals surface area contributed by atoms with E-state index >= 15 is 0 Å². The summed E-state index contributed by atoms with van der Waals surface area (Å²) in [4.78, 5) is 3.52. The lowest BCUT2D eigenvalue weighted by Crippen LogP contribution is -2.29. The highest BCUT2D eigenvalue weighted by molar-refractivity contribution is 5.37. The zero-order chi connectivity index (χ0) is 12.9. The molecule has 0 aliphatic rings. The monoisotopic (exact) mass is 247 g/mol. The molecule has 6 heteroatoms. The number of alkyl halides is 3. The average molecular weight is 247 g/mol. The maximum absolute atomic E-state index is 12.4. The number of hydrogen-bond acceptors (Lipinski definition) is 3. The van der Waals surface area contributed by atoms with Crippen LogP contribution in [0.5, 0.6) is 0 Å². The van der Waals surface area contributed by atoms with Gasteiger partial charge < -0.3 is 11.1 Å². The third-order valence-corrected chi connectivity index (χ3v) is 2.31. The Morgan fingerprint density at radius 3 is 2.65 bits per heavy atom. The van der Waals surface area contributed by atoms with Crippen molar-refractivity contribution >= 4 is 5.82 Å². The quantitative estimate of drug-likeness (QED) is 0.841. The van der Waals surface area contributed by atoms with E-state index in [0.717, 1.165) is 18.9 Å². The van der Waals surface area contributed by atoms with Crippen molar-refractivity contribution in [3.63, 3.8) is 0 Å². The van der Waals surface area contributed by atoms with Gasteiger partial charge in [-0.2, -0.15) is 13.2 Å². The van der Waals surface area contributed by atoms with Gasteiger partial charge in [-0.15, -0.1) is 0 Å². The first-order chi connectivity index (χ1) is 7.97. The molecule has 3 N–H and O–H groups in total. The van der Waals surface area contributed by atoms with Crippen LogP contribution in [0.1, 0.15) is 25.5 Å². The average Bonchev–Trinajstić information content (AvgIpc) is 2.28. The molecule has 0 aliphatic heterocycles. The summed E-state index contributed by atoms with van der Waals surface area (Å²) in [5.41, 5.74) is 4.62. The van der Waals surface area contributed by atoms with Crippen LogP contribution < -0.4 is 11.1 Å². The molecule has 0 radical (unpaired) electrons. The van der Waals surface area contributed by atoms with Crippen LogP contribution in [0, 0.1) is 0 Å². The third kappa shape index (κ3) is 4.22. The third-order valence-electron chi connectivity index (χ3n) is 2.31. The maximum atomic E-state index is 12.4. The van der Waals surface area contributed by atoms with Crippen molar-refractivity contribution in [2.24, 2.45) is 5.73 Å². The number of anilines is 1. The second-order valence-electron chi connectivity index (χ2n) is 3.77. The van der Waals surface area contributed by atoms with E-state index in [1.165, 1.54) is 12.1 Å². The molecule has 1 atom stereocenters. The van der Waals surface area contributed by atoms with Crippen LogP contribution in [0.4, 0.5) is 19.0 Å². The number of pyridine rings is 1. The molecule has 0 saturated heterocycles. The highest BCUT2D eigenvalue weighted by Crippen LogP contribution is 2.28. The van der Waals surface area contributed by atoms with Crippen LogP contribution in [-0.4, -0.2) is 17.6 Å². The van der Waals surface area contributed by atoms with Crippen molar-refractivity contribution in [3.05, 3.63) is 23.9 Å². The molecule has 1 heterocycles. The molecule has 0 aromatic carbocycles. The van der Waals surface area contributed by atoms with Crippen LogP contribution in [0.15, 0.2) is 18.2 Å². The Morgan fingerprint density at radius 2 is 2.12 bits per heavy atom. The minimum atomic E-state index is -4.42. The molecule has 0 saturated carbocycles. The molecule has 1 aromatic heterocycles. The smallest absolute Gasteiger partial charge is 0.366 e. The SMILES string of the molecule is CCCC(CN)Nc1cccc(C(F)(F)F)n1. The molecule has 1 unspecified atom stereocenters. The summed E-state index contributed by atoms with van der Waals surface area (Å²) in [5, 5.41) is 2.91. The van der Waals surface area contributed by atoms with Gasteiger partial charge in [0.2, 0.25) is 0 Å². The number of rotatable bonds is 5. The van der Waals surface area contributed by atoms with Gasteiger partial charge in [-0.25, -0.2) is 4.98 Å². The van der Waals surface area contributed by atoms with E-state index in [-0.39, 0.29) is 11.9 Å². The number of hydrogen-bond donors (Lipinski definition) is 2. The lowest BCUT2D eigenvalue weighted by molar-refractivity contribution is -0.141. The Kier molecular flexibility index (Phi) is 4.74. The number of aromatic nitrogens is 1. The van der Waals surface area contributed by atoms with Gasteiger partial charge in [0.05, 0.1) is 0 Å². The van der Waals surface area contributed by atoms with Crippen molar-refractivity contribution < 1.29 is 13.2 Å². The van der Waals surface area contributed by atoms with Crippen molar-refractivity contribution in [1.82, 2.24) is 4.98 Å². The maximum Gasteiger partial charge on any atom is 0.433 e. The van der Waals surface area contributed by atoms with Gasteiger partial charge in [0.15, 0.2) is 0 Å². The Labute approximate surface area is 98.2 Å². The van der Waals surface area contributed by atoms with Crippen molar-refractivity contribution in [2.45, 2.75) is 32.0 Å². The Hall–Kier alpha value is -1.30. The molecular formula is C11H16F3N3. The summed E-state index contributed by atoms with van der Waals surface area (Å²) in [6.07, 6.45) is -2.71. The zero-order valence-electron chi connectivity index (χ0n) is 9.59. The molecule has 0 amide bonds. The Bertz CT molecular complexity index is 352. The minimum absolute atomic E-state index is 0.0454. The van der Waals surface area contributed by atoms with Crippen LogP contribution in [-0.2, 0) is 6.18 Å². The number of nitrogens with zero attached hydrogens (tertiary/aromatic N) is 1. The van der Waals surface area contributed by atoms with E-state index in [4.69, 9.17) is 5.73 Å². The van der Waals surface area contributed by atoms with E-state index < -0.39 is 11.9 Å². The summed E-state index contributed by atoms with van der Waals surface area (Å²) in [6.45, 7) is 2.36. The number of nitrogens with two attached hydrogens (primary N) is 1. The fraction of sp³-hybridized carbons (Fsp3) is 0.545. The van der Waals surface area contributed by atoms with Crippen LogP contribution in [0.25, 0.3) is 0 Å². The van der Waals surface area contributed by atoms with E-state index in [0.29, 0.717) is 6.54 Å². The largest absolute Gasteiger partial charge is 0.433 e. The van der Waals surface area contributed by atoms with E-state index in [9.17, 15) is 13.2 Å². The van der Waals surface area contributed by atoms with Crippen molar-refractivity contribution in [3.8, 4) is 0 Å². The normalized spacial score (nSPS) is 13.5. The lowest BCUT2D eigenvalue weighted by Gasteiger charge is -2.17. The first-order valence-electron chi connectivity index (χ1n) is 5.48. The minimum Gasteiger partial charge on any atom is -0.366 e. The molecule has 0 fully saturated rings. The van der Waals surface area contributed by atoms with Gasteiger partial charge in [0.25, 0.3) is 0 Å². The predicted octanol–water partition coefficient (Wildman–Crippen LogP) is 2.64. The molecule has 1 rings (SSSR count). The highest BCUT2D eigenvalue weighted by Gasteiger charge is 2.32. The standard InChI is InChI=1S/C11H16F3N3/c1-2-4-8(7-15)16-10-6-3-5-9(17-10)11(12,13)14/h3,5-6,8H,2,4,7,15H2,1H3,(H,16,17). The van der Waals surface area contributed by atoms with Crippen molar-refractivity contribution in [1.29, 1.82) is 0 Å². The van der Waals surface area contributed by atoms with Gasteiger partial charge in [-0.3, -0.25) is 0 Å². The first-order valence-corrected chi connectivity index (χ1v) is 5.48. The second kappa shape index (κ2) is 5.86. The predicted molar refractivity (Wildman–Crippen MR) is 60.6 cm³/mol. The van der Waals surface area contributed by atoms with Gasteiger partial charge in [0.1, 0.15) is 11.5 Å². The van der Waals surface area contributed by atoms with Crippen molar-refractivity contribution in [2.75, 3.05) is 11.9 Å². The summed E-state index contributed by atoms with van der Waals surface area (Å²) in [6, 6.07) is 3.74. The molecule has 0 spiro atoms. The van der Waals surface area contributed by atoms with E-state index in [1.807, 2.05) is 6.92 Å². The van der Waals surface area contributed by atoms with Crippen LogP contribution >= 0.6 is 0 Å². The molecule has 17 heavy (non-hydrogen) atoms. The lowest BCUT2D eigenvalue weighted by atomic mass is 10.1. The number of nitrogens with one attached hydrogen (secondary N) is 1. The Balaban J connectivity index is 2.78. The van der Waals surface area contributed by atoms with Gasteiger partial charge in [0, 0.05) is 12.6 Å². The fourth-order valence-electron chi connectivity index (χ4n) is 1.48. The fourth-order valence-corrected chi connectivity index (χ4v) is 1.48. The molecule has 1 aromatic rings. The summed E-state index contributed by atoms with van der Waals surface area (Å²) in [5.74, 6) is 0.212. The molecule has 0 bridgehead atoms. The van der Waals surface area contributed by atoms with Gasteiger partial charge >= 0.3 is 6.18 Å². The van der Waals surface area contributed by atoms with Crippen LogP contribution in [0.3, 0.4) is 0 Å². The number of halogens is 3. The van der Waals surface area contributed by atoms with E-state index in [1.54, 1.807) is 0 Å². The molecule has 96 valence electrons. The zero-order valence-corrected chi connectivity index (χ0v) is 9.59. The summed E-state index contributed by atoms with van der Waals surface area (Å²) >= 11 is 0. The van der Waals surface area contributed by atoms with Crippen LogP contribution in [0.2, 0.25) is 0 Å². The van der Waals surface area contributed by atoms with E-state index in [2.05, 4.69) is 10.3 Å².